The van der Waals surface area contributed by atoms with E-state index in [-0.39, 0.29) is 17.7 Å². The highest BCUT2D eigenvalue weighted by atomic mass is 35.5. The highest BCUT2D eigenvalue weighted by molar-refractivity contribution is 7.99. The first-order valence-corrected chi connectivity index (χ1v) is 10.4. The lowest BCUT2D eigenvalue weighted by molar-refractivity contribution is -0.113. The van der Waals surface area contributed by atoms with Crippen LogP contribution in [0.25, 0.3) is 10.7 Å². The molecule has 0 atom stereocenters. The molecule has 1 N–H and O–H groups in total. The van der Waals surface area contributed by atoms with Crippen LogP contribution in [0.1, 0.15) is 19.9 Å². The van der Waals surface area contributed by atoms with Crippen LogP contribution in [0.5, 0.6) is 0 Å². The molecule has 26 heavy (non-hydrogen) atoms. The molecule has 136 valence electrons. The Balaban J connectivity index is 1.73. The molecule has 0 saturated carbocycles. The third kappa shape index (κ3) is 4.23. The summed E-state index contributed by atoms with van der Waals surface area (Å²) in [6.07, 6.45) is 0. The zero-order chi connectivity index (χ0) is 18.7. The standard InChI is InChI=1S/C17H16Cl2N4OS2/c1-10(2)23-16(13-7-4-8-25-13)21-22-17(23)26-9-14(24)20-15-11(18)5-3-6-12(15)19/h3-8,10H,9H2,1-2H3,(H,20,24). The quantitative estimate of drug-likeness (QED) is 0.519. The maximum absolute atomic E-state index is 12.3. The predicted molar refractivity (Wildman–Crippen MR) is 110 cm³/mol. The van der Waals surface area contributed by atoms with E-state index < -0.39 is 0 Å². The molecule has 0 spiro atoms. The van der Waals surface area contributed by atoms with Gasteiger partial charge in [-0.25, -0.2) is 0 Å². The molecule has 0 saturated heterocycles. The smallest absolute Gasteiger partial charge is 0.234 e. The number of carbonyl (C=O) groups excluding carboxylic acids is 1. The molecule has 1 amide bonds. The van der Waals surface area contributed by atoms with Crippen molar-refractivity contribution in [2.45, 2.75) is 25.0 Å². The van der Waals surface area contributed by atoms with E-state index in [2.05, 4.69) is 29.4 Å². The van der Waals surface area contributed by atoms with E-state index in [4.69, 9.17) is 23.2 Å². The minimum atomic E-state index is -0.207. The van der Waals surface area contributed by atoms with Crippen LogP contribution >= 0.6 is 46.3 Å². The summed E-state index contributed by atoms with van der Waals surface area (Å²) in [4.78, 5) is 13.3. The largest absolute Gasteiger partial charge is 0.323 e. The number of carbonyl (C=O) groups is 1. The molecule has 0 fully saturated rings. The van der Waals surface area contributed by atoms with Gasteiger partial charge in [0.1, 0.15) is 0 Å². The predicted octanol–water partition coefficient (Wildman–Crippen LogP) is 5.63. The Hall–Kier alpha value is -1.54. The summed E-state index contributed by atoms with van der Waals surface area (Å²) in [6, 6.07) is 9.25. The van der Waals surface area contributed by atoms with Crippen LogP contribution < -0.4 is 5.32 Å². The van der Waals surface area contributed by atoms with Gasteiger partial charge in [0.15, 0.2) is 11.0 Å². The third-order valence-electron chi connectivity index (χ3n) is 3.48. The highest BCUT2D eigenvalue weighted by Crippen LogP contribution is 2.32. The fourth-order valence-corrected chi connectivity index (χ4v) is 4.40. The first-order valence-electron chi connectivity index (χ1n) is 7.82. The summed E-state index contributed by atoms with van der Waals surface area (Å²) in [5.41, 5.74) is 0.422. The molecule has 5 nitrogen and oxygen atoms in total. The lowest BCUT2D eigenvalue weighted by Gasteiger charge is -2.13. The molecule has 2 heterocycles. The van der Waals surface area contributed by atoms with Gasteiger partial charge in [0.2, 0.25) is 5.91 Å². The molecule has 3 aromatic rings. The van der Waals surface area contributed by atoms with Crippen LogP contribution in [-0.2, 0) is 4.79 Å². The first kappa shape index (κ1) is 19.2. The van der Waals surface area contributed by atoms with Gasteiger partial charge in [-0.3, -0.25) is 9.36 Å². The van der Waals surface area contributed by atoms with Gasteiger partial charge in [0.05, 0.1) is 26.4 Å². The number of thiophene rings is 1. The summed E-state index contributed by atoms with van der Waals surface area (Å²) >= 11 is 15.1. The second kappa shape index (κ2) is 8.43. The monoisotopic (exact) mass is 426 g/mol. The number of anilines is 1. The molecular formula is C17H16Cl2N4OS2. The van der Waals surface area contributed by atoms with Gasteiger partial charge < -0.3 is 5.32 Å². The Bertz CT molecular complexity index is 889. The summed E-state index contributed by atoms with van der Waals surface area (Å²) in [6.45, 7) is 4.13. The molecule has 0 unspecified atom stereocenters. The van der Waals surface area contributed by atoms with E-state index in [1.54, 1.807) is 29.5 Å². The summed E-state index contributed by atoms with van der Waals surface area (Å²) in [7, 11) is 0. The zero-order valence-corrected chi connectivity index (χ0v) is 17.2. The molecular weight excluding hydrogens is 411 g/mol. The number of rotatable bonds is 6. The average Bonchev–Trinajstić information content (AvgIpc) is 3.25. The van der Waals surface area contributed by atoms with E-state index in [0.29, 0.717) is 20.9 Å². The molecule has 1 aromatic carbocycles. The minimum Gasteiger partial charge on any atom is -0.323 e. The molecule has 0 aliphatic carbocycles. The Morgan fingerprint density at radius 3 is 2.58 bits per heavy atom. The Morgan fingerprint density at radius 2 is 1.96 bits per heavy atom. The topological polar surface area (TPSA) is 59.8 Å². The van der Waals surface area contributed by atoms with Gasteiger partial charge in [-0.15, -0.1) is 21.5 Å². The lowest BCUT2D eigenvalue weighted by atomic mass is 10.3. The number of amides is 1. The fraction of sp³-hybridized carbons (Fsp3) is 0.235. The van der Waals surface area contributed by atoms with Crippen molar-refractivity contribution in [3.05, 3.63) is 45.8 Å². The maximum atomic E-state index is 12.3. The van der Waals surface area contributed by atoms with Crippen LogP contribution in [0.15, 0.2) is 40.9 Å². The third-order valence-corrected chi connectivity index (χ3v) is 5.92. The normalized spacial score (nSPS) is 11.1. The lowest BCUT2D eigenvalue weighted by Crippen LogP contribution is -2.15. The van der Waals surface area contributed by atoms with Crippen molar-refractivity contribution in [3.8, 4) is 10.7 Å². The number of thioether (sulfide) groups is 1. The molecule has 0 aliphatic heterocycles. The van der Waals surface area contributed by atoms with E-state index in [9.17, 15) is 4.79 Å². The number of hydrogen-bond acceptors (Lipinski definition) is 5. The molecule has 2 aromatic heterocycles. The molecule has 9 heteroatoms. The van der Waals surface area contributed by atoms with Crippen LogP contribution in [-0.4, -0.2) is 26.4 Å². The Labute approximate surface area is 169 Å². The van der Waals surface area contributed by atoms with Crippen LogP contribution in [0.3, 0.4) is 0 Å². The van der Waals surface area contributed by atoms with E-state index in [1.807, 2.05) is 22.1 Å². The van der Waals surface area contributed by atoms with E-state index >= 15 is 0 Å². The second-order valence-electron chi connectivity index (χ2n) is 5.68. The van der Waals surface area contributed by atoms with Crippen molar-refractivity contribution >= 4 is 57.9 Å². The number of nitrogens with zero attached hydrogens (tertiary/aromatic N) is 3. The first-order chi connectivity index (χ1) is 12.5. The van der Waals surface area contributed by atoms with Crippen LogP contribution in [0.4, 0.5) is 5.69 Å². The SMILES string of the molecule is CC(C)n1c(SCC(=O)Nc2c(Cl)cccc2Cl)nnc1-c1cccs1. The van der Waals surface area contributed by atoms with Crippen LogP contribution in [0, 0.1) is 0 Å². The summed E-state index contributed by atoms with van der Waals surface area (Å²) in [5, 5.41) is 14.8. The minimum absolute atomic E-state index is 0.172. The average molecular weight is 427 g/mol. The van der Waals surface area contributed by atoms with Crippen molar-refractivity contribution in [3.63, 3.8) is 0 Å². The van der Waals surface area contributed by atoms with Crippen molar-refractivity contribution < 1.29 is 4.79 Å². The molecule has 0 bridgehead atoms. The van der Waals surface area contributed by atoms with Crippen molar-refractivity contribution in [2.75, 3.05) is 11.1 Å². The highest BCUT2D eigenvalue weighted by Gasteiger charge is 2.19. The van der Waals surface area contributed by atoms with Crippen LogP contribution in [0.2, 0.25) is 10.0 Å². The van der Waals surface area contributed by atoms with E-state index in [1.165, 1.54) is 11.8 Å². The van der Waals surface area contributed by atoms with Crippen molar-refractivity contribution in [1.82, 2.24) is 14.8 Å². The number of hydrogen-bond donors (Lipinski definition) is 1. The van der Waals surface area contributed by atoms with Gasteiger partial charge >= 0.3 is 0 Å². The Kier molecular flexibility index (Phi) is 6.24. The Morgan fingerprint density at radius 1 is 1.23 bits per heavy atom. The van der Waals surface area contributed by atoms with Gasteiger partial charge in [-0.05, 0) is 37.4 Å². The molecule has 3 rings (SSSR count). The number of aromatic nitrogens is 3. The number of para-hydroxylation sites is 1. The van der Waals surface area contributed by atoms with Crippen molar-refractivity contribution in [1.29, 1.82) is 0 Å². The van der Waals surface area contributed by atoms with Crippen molar-refractivity contribution in [2.24, 2.45) is 0 Å². The molecule has 0 radical (unpaired) electrons. The molecule has 0 aliphatic rings. The second-order valence-corrected chi connectivity index (χ2v) is 8.39. The summed E-state index contributed by atoms with van der Waals surface area (Å²) < 4.78 is 2.03. The fourth-order valence-electron chi connectivity index (χ4n) is 2.34. The van der Waals surface area contributed by atoms with Gasteiger partial charge in [0.25, 0.3) is 0 Å². The number of benzene rings is 1. The van der Waals surface area contributed by atoms with Gasteiger partial charge in [-0.2, -0.15) is 0 Å². The number of halogens is 2. The summed E-state index contributed by atoms with van der Waals surface area (Å²) in [5.74, 6) is 0.782. The van der Waals surface area contributed by atoms with E-state index in [0.717, 1.165) is 10.7 Å². The zero-order valence-electron chi connectivity index (χ0n) is 14.1. The van der Waals surface area contributed by atoms with Gasteiger partial charge in [0, 0.05) is 6.04 Å². The van der Waals surface area contributed by atoms with Gasteiger partial charge in [-0.1, -0.05) is 47.1 Å². The number of nitrogens with one attached hydrogen (secondary N) is 1. The maximum Gasteiger partial charge on any atom is 0.234 e.